The van der Waals surface area contributed by atoms with Crippen LogP contribution in [0.15, 0.2) is 71.6 Å². The van der Waals surface area contributed by atoms with Crippen molar-refractivity contribution >= 4 is 27.5 Å². The fourth-order valence-corrected chi connectivity index (χ4v) is 5.74. The molecule has 8 nitrogen and oxygen atoms in total. The van der Waals surface area contributed by atoms with Gasteiger partial charge in [0.05, 0.1) is 17.7 Å². The van der Waals surface area contributed by atoms with Gasteiger partial charge in [0.1, 0.15) is 18.3 Å². The molecule has 3 aromatic carbocycles. The number of nitrogens with zero attached hydrogens (tertiary/aromatic N) is 2. The van der Waals surface area contributed by atoms with E-state index in [1.807, 2.05) is 45.9 Å². The van der Waals surface area contributed by atoms with Gasteiger partial charge in [-0.15, -0.1) is 0 Å². The number of benzene rings is 3. The van der Waals surface area contributed by atoms with Gasteiger partial charge in [-0.05, 0) is 87.2 Å². The molecule has 41 heavy (non-hydrogen) atoms. The molecule has 0 bridgehead atoms. The Morgan fingerprint density at radius 1 is 0.951 bits per heavy atom. The zero-order valence-electron chi connectivity index (χ0n) is 24.8. The van der Waals surface area contributed by atoms with E-state index < -0.39 is 28.5 Å². The lowest BCUT2D eigenvalue weighted by atomic mass is 10.1. The molecule has 0 radical (unpaired) electrons. The topological polar surface area (TPSA) is 96.0 Å². The van der Waals surface area contributed by atoms with Gasteiger partial charge in [-0.25, -0.2) is 8.42 Å². The Kier molecular flexibility index (Phi) is 10.9. The number of unbranched alkanes of at least 4 members (excludes halogenated alkanes) is 1. The summed E-state index contributed by atoms with van der Waals surface area (Å²) in [4.78, 5) is 28.7. The fraction of sp³-hybridized carbons (Fsp3) is 0.375. The van der Waals surface area contributed by atoms with Crippen molar-refractivity contribution in [2.45, 2.75) is 64.9 Å². The van der Waals surface area contributed by atoms with E-state index in [0.717, 1.165) is 39.4 Å². The van der Waals surface area contributed by atoms with E-state index in [1.165, 1.54) is 4.90 Å². The van der Waals surface area contributed by atoms with Gasteiger partial charge in [-0.2, -0.15) is 0 Å². The number of amides is 2. The molecule has 1 atom stereocenters. The minimum Gasteiger partial charge on any atom is -0.497 e. The number of nitrogens with one attached hydrogen (secondary N) is 1. The van der Waals surface area contributed by atoms with Crippen LogP contribution in [-0.2, 0) is 26.2 Å². The smallest absolute Gasteiger partial charge is 0.264 e. The number of rotatable bonds is 13. The molecule has 0 saturated carbocycles. The predicted molar refractivity (Wildman–Crippen MR) is 163 cm³/mol. The molecule has 3 aromatic rings. The first kappa shape index (κ1) is 31.7. The van der Waals surface area contributed by atoms with E-state index in [4.69, 9.17) is 4.74 Å². The quantitative estimate of drug-likeness (QED) is 0.283. The number of anilines is 1. The molecule has 1 N–H and O–H groups in total. The summed E-state index contributed by atoms with van der Waals surface area (Å²) in [5, 5.41) is 2.90. The van der Waals surface area contributed by atoms with Gasteiger partial charge in [-0.3, -0.25) is 13.9 Å². The second-order valence-corrected chi connectivity index (χ2v) is 12.1. The Bertz CT molecular complexity index is 1450. The van der Waals surface area contributed by atoms with Gasteiger partial charge in [0.15, 0.2) is 0 Å². The summed E-state index contributed by atoms with van der Waals surface area (Å²) in [5.41, 5.74) is 3.96. The van der Waals surface area contributed by atoms with Gasteiger partial charge in [0.2, 0.25) is 11.8 Å². The largest absolute Gasteiger partial charge is 0.497 e. The van der Waals surface area contributed by atoms with E-state index in [2.05, 4.69) is 5.32 Å². The van der Waals surface area contributed by atoms with E-state index >= 15 is 0 Å². The first-order valence-electron chi connectivity index (χ1n) is 13.8. The van der Waals surface area contributed by atoms with Crippen LogP contribution in [0.4, 0.5) is 5.69 Å². The third-order valence-corrected chi connectivity index (χ3v) is 8.94. The Morgan fingerprint density at radius 3 is 2.29 bits per heavy atom. The fourth-order valence-electron chi connectivity index (χ4n) is 4.33. The van der Waals surface area contributed by atoms with Crippen LogP contribution in [0.3, 0.4) is 0 Å². The van der Waals surface area contributed by atoms with Gasteiger partial charge in [0.25, 0.3) is 10.0 Å². The molecule has 0 heterocycles. The standard InChI is InChI=1S/C32H41N3O5S/c1-7-8-18-33-32(37)26(5)34(21-27-10-9-11-29(20-27)40-6)31(36)22-35(28-15-14-24(3)25(4)19-28)41(38,39)30-16-12-23(2)13-17-30/h9-17,19-20,26H,7-8,18,21-22H2,1-6H3,(H,33,37)/t26-/m0/s1. The van der Waals surface area contributed by atoms with Gasteiger partial charge in [0, 0.05) is 13.1 Å². The molecule has 220 valence electrons. The van der Waals surface area contributed by atoms with E-state index in [-0.39, 0.29) is 17.3 Å². The molecule has 0 aromatic heterocycles. The molecule has 0 fully saturated rings. The zero-order chi connectivity index (χ0) is 30.2. The summed E-state index contributed by atoms with van der Waals surface area (Å²) in [6, 6.07) is 18.3. The van der Waals surface area contributed by atoms with Crippen molar-refractivity contribution in [2.24, 2.45) is 0 Å². The molecule has 0 aliphatic carbocycles. The molecule has 2 amide bonds. The van der Waals surface area contributed by atoms with Crippen LogP contribution in [0.5, 0.6) is 5.75 Å². The third kappa shape index (κ3) is 8.10. The summed E-state index contributed by atoms with van der Waals surface area (Å²) < 4.78 is 34.4. The van der Waals surface area contributed by atoms with Crippen LogP contribution in [0.25, 0.3) is 0 Å². The SMILES string of the molecule is CCCCNC(=O)[C@H](C)N(Cc1cccc(OC)c1)C(=O)CN(c1ccc(C)c(C)c1)S(=O)(=O)c1ccc(C)cc1. The number of hydrogen-bond acceptors (Lipinski definition) is 5. The molecule has 0 aliphatic rings. The number of sulfonamides is 1. The maximum Gasteiger partial charge on any atom is 0.264 e. The molecule has 9 heteroatoms. The number of hydrogen-bond donors (Lipinski definition) is 1. The van der Waals surface area contributed by atoms with Crippen LogP contribution in [0.1, 0.15) is 48.9 Å². The first-order valence-corrected chi connectivity index (χ1v) is 15.3. The van der Waals surface area contributed by atoms with Crippen LogP contribution < -0.4 is 14.4 Å². The molecule has 3 rings (SSSR count). The number of carbonyl (C=O) groups is 2. The maximum atomic E-state index is 14.1. The summed E-state index contributed by atoms with van der Waals surface area (Å²) in [6.45, 7) is 9.53. The monoisotopic (exact) mass is 579 g/mol. The zero-order valence-corrected chi connectivity index (χ0v) is 25.6. The lowest BCUT2D eigenvalue weighted by Gasteiger charge is -2.32. The summed E-state index contributed by atoms with van der Waals surface area (Å²) >= 11 is 0. The molecule has 0 unspecified atom stereocenters. The van der Waals surface area contributed by atoms with Crippen molar-refractivity contribution in [1.82, 2.24) is 10.2 Å². The highest BCUT2D eigenvalue weighted by molar-refractivity contribution is 7.92. The van der Waals surface area contributed by atoms with E-state index in [9.17, 15) is 18.0 Å². The van der Waals surface area contributed by atoms with Crippen molar-refractivity contribution in [3.05, 3.63) is 89.0 Å². The Balaban J connectivity index is 2.03. The highest BCUT2D eigenvalue weighted by atomic mass is 32.2. The van der Waals surface area contributed by atoms with Gasteiger partial charge >= 0.3 is 0 Å². The molecular formula is C32H41N3O5S. The number of ether oxygens (including phenoxy) is 1. The van der Waals surface area contributed by atoms with Crippen molar-refractivity contribution in [3.8, 4) is 5.75 Å². The average Bonchev–Trinajstić information content (AvgIpc) is 2.96. The lowest BCUT2D eigenvalue weighted by Crippen LogP contribution is -2.51. The molecule has 0 saturated heterocycles. The van der Waals surface area contributed by atoms with Crippen LogP contribution in [0, 0.1) is 20.8 Å². The Labute approximate surface area is 244 Å². The van der Waals surface area contributed by atoms with Crippen LogP contribution in [0.2, 0.25) is 0 Å². The number of aryl methyl sites for hydroxylation is 3. The second kappa shape index (κ2) is 14.2. The number of methoxy groups -OCH3 is 1. The van der Waals surface area contributed by atoms with Crippen LogP contribution in [-0.4, -0.2) is 51.4 Å². The summed E-state index contributed by atoms with van der Waals surface area (Å²) in [6.07, 6.45) is 1.74. The second-order valence-electron chi connectivity index (χ2n) is 10.3. The Morgan fingerprint density at radius 2 is 1.66 bits per heavy atom. The van der Waals surface area contributed by atoms with Crippen molar-refractivity contribution in [3.63, 3.8) is 0 Å². The van der Waals surface area contributed by atoms with Gasteiger partial charge in [-0.1, -0.05) is 49.2 Å². The minimum absolute atomic E-state index is 0.0823. The minimum atomic E-state index is -4.11. The molecular weight excluding hydrogens is 538 g/mol. The third-order valence-electron chi connectivity index (χ3n) is 7.15. The average molecular weight is 580 g/mol. The van der Waals surface area contributed by atoms with E-state index in [0.29, 0.717) is 18.0 Å². The van der Waals surface area contributed by atoms with Crippen molar-refractivity contribution in [1.29, 1.82) is 0 Å². The summed E-state index contributed by atoms with van der Waals surface area (Å²) in [5.74, 6) is -0.178. The Hall–Kier alpha value is -3.85. The normalized spacial score (nSPS) is 12.0. The molecule has 0 spiro atoms. The van der Waals surface area contributed by atoms with Crippen molar-refractivity contribution < 1.29 is 22.7 Å². The van der Waals surface area contributed by atoms with Crippen LogP contribution >= 0.6 is 0 Å². The predicted octanol–water partition coefficient (Wildman–Crippen LogP) is 5.15. The maximum absolute atomic E-state index is 14.1. The highest BCUT2D eigenvalue weighted by Crippen LogP contribution is 2.27. The summed E-state index contributed by atoms with van der Waals surface area (Å²) in [7, 11) is -2.55. The highest BCUT2D eigenvalue weighted by Gasteiger charge is 2.32. The van der Waals surface area contributed by atoms with E-state index in [1.54, 1.807) is 62.6 Å². The lowest BCUT2D eigenvalue weighted by molar-refractivity contribution is -0.139. The van der Waals surface area contributed by atoms with Gasteiger partial charge < -0.3 is 15.0 Å². The molecule has 0 aliphatic heterocycles. The van der Waals surface area contributed by atoms with Crippen molar-refractivity contribution in [2.75, 3.05) is 24.5 Å². The first-order chi connectivity index (χ1) is 19.5. The number of carbonyl (C=O) groups excluding carboxylic acids is 2.